The summed E-state index contributed by atoms with van der Waals surface area (Å²) >= 11 is 0. The first kappa shape index (κ1) is 11.4. The van der Waals surface area contributed by atoms with Crippen molar-refractivity contribution in [2.45, 2.75) is 31.3 Å². The summed E-state index contributed by atoms with van der Waals surface area (Å²) in [6.45, 7) is 2.50. The molecular formula is C11H17N3O2. The average molecular weight is 223 g/mol. The Hall–Kier alpha value is -1.12. The second-order valence-electron chi connectivity index (χ2n) is 4.32. The van der Waals surface area contributed by atoms with Crippen LogP contribution in [0.5, 0.6) is 0 Å². The topological polar surface area (TPSA) is 65.4 Å². The summed E-state index contributed by atoms with van der Waals surface area (Å²) in [5, 5.41) is 11.6. The van der Waals surface area contributed by atoms with Gasteiger partial charge >= 0.3 is 0 Å². The number of hydrogen-bond donors (Lipinski definition) is 1. The van der Waals surface area contributed by atoms with Crippen LogP contribution in [0.15, 0.2) is 0 Å². The molecule has 1 unspecified atom stereocenters. The van der Waals surface area contributed by atoms with Gasteiger partial charge in [-0.1, -0.05) is 0 Å². The monoisotopic (exact) mass is 223 g/mol. The number of nitrogens with zero attached hydrogens (tertiary/aromatic N) is 2. The molecule has 1 heterocycles. The van der Waals surface area contributed by atoms with Crippen LogP contribution in [-0.2, 0) is 9.53 Å². The Balaban J connectivity index is 1.86. The lowest BCUT2D eigenvalue weighted by Crippen LogP contribution is -2.54. The Kier molecular flexibility index (Phi) is 3.75. The lowest BCUT2D eigenvalue weighted by atomic mass is 10.2. The van der Waals surface area contributed by atoms with E-state index >= 15 is 0 Å². The van der Waals surface area contributed by atoms with Gasteiger partial charge < -0.3 is 10.1 Å². The molecule has 1 aliphatic heterocycles. The number of rotatable bonds is 4. The Bertz CT molecular complexity index is 296. The fourth-order valence-electron chi connectivity index (χ4n) is 1.87. The molecule has 88 valence electrons. The summed E-state index contributed by atoms with van der Waals surface area (Å²) in [5.41, 5.74) is 0. The van der Waals surface area contributed by atoms with Crippen LogP contribution in [0.2, 0.25) is 0 Å². The van der Waals surface area contributed by atoms with Crippen LogP contribution in [0, 0.1) is 11.3 Å². The number of nitrogens with one attached hydrogen (secondary N) is 1. The Morgan fingerprint density at radius 3 is 3.06 bits per heavy atom. The van der Waals surface area contributed by atoms with Crippen molar-refractivity contribution in [1.29, 1.82) is 5.26 Å². The third-order valence-corrected chi connectivity index (χ3v) is 2.98. The highest BCUT2D eigenvalue weighted by atomic mass is 16.5. The van der Waals surface area contributed by atoms with Crippen LogP contribution >= 0.6 is 0 Å². The molecule has 2 rings (SSSR count). The number of carbonyl (C=O) groups excluding carboxylic acids is 1. The zero-order valence-electron chi connectivity index (χ0n) is 9.32. The number of morpholine rings is 1. The van der Waals surface area contributed by atoms with Crippen LogP contribution in [-0.4, -0.2) is 49.2 Å². The zero-order chi connectivity index (χ0) is 11.4. The quantitative estimate of drug-likeness (QED) is 0.721. The van der Waals surface area contributed by atoms with E-state index < -0.39 is 0 Å². The minimum absolute atomic E-state index is 0.0557. The molecule has 1 amide bonds. The maximum atomic E-state index is 11.9. The van der Waals surface area contributed by atoms with Gasteiger partial charge in [0.15, 0.2) is 0 Å². The molecule has 1 aliphatic carbocycles. The molecule has 5 nitrogen and oxygen atoms in total. The van der Waals surface area contributed by atoms with Gasteiger partial charge in [-0.25, -0.2) is 0 Å². The Morgan fingerprint density at radius 1 is 1.56 bits per heavy atom. The second-order valence-corrected chi connectivity index (χ2v) is 4.32. The number of amides is 1. The van der Waals surface area contributed by atoms with Crippen molar-refractivity contribution in [2.75, 3.05) is 26.3 Å². The maximum Gasteiger partial charge on any atom is 0.239 e. The number of ether oxygens (including phenoxy) is 1. The zero-order valence-corrected chi connectivity index (χ0v) is 9.32. The van der Waals surface area contributed by atoms with Crippen molar-refractivity contribution in [3.05, 3.63) is 0 Å². The molecule has 5 heteroatoms. The summed E-state index contributed by atoms with van der Waals surface area (Å²) < 4.78 is 5.33. The van der Waals surface area contributed by atoms with E-state index in [2.05, 4.69) is 11.4 Å². The van der Waals surface area contributed by atoms with E-state index in [9.17, 15) is 4.79 Å². The van der Waals surface area contributed by atoms with Crippen molar-refractivity contribution < 1.29 is 9.53 Å². The molecule has 0 radical (unpaired) electrons. The third-order valence-electron chi connectivity index (χ3n) is 2.98. The van der Waals surface area contributed by atoms with Crippen molar-refractivity contribution in [3.8, 4) is 6.07 Å². The predicted molar refractivity (Wildman–Crippen MR) is 57.6 cm³/mol. The molecule has 16 heavy (non-hydrogen) atoms. The summed E-state index contributed by atoms with van der Waals surface area (Å²) in [4.78, 5) is 14.0. The van der Waals surface area contributed by atoms with Gasteiger partial charge in [0.1, 0.15) is 6.04 Å². The summed E-state index contributed by atoms with van der Waals surface area (Å²) in [5.74, 6) is 0.0557. The molecule has 1 N–H and O–H groups in total. The van der Waals surface area contributed by atoms with E-state index in [0.29, 0.717) is 32.2 Å². The van der Waals surface area contributed by atoms with E-state index in [-0.39, 0.29) is 11.9 Å². The van der Waals surface area contributed by atoms with Crippen molar-refractivity contribution in [3.63, 3.8) is 0 Å². The molecule has 2 aliphatic rings. The normalized spacial score (nSPS) is 26.1. The van der Waals surface area contributed by atoms with E-state index in [1.54, 1.807) is 0 Å². The fraction of sp³-hybridized carbons (Fsp3) is 0.818. The van der Waals surface area contributed by atoms with Gasteiger partial charge in [0.25, 0.3) is 0 Å². The second kappa shape index (κ2) is 5.28. The van der Waals surface area contributed by atoms with Crippen LogP contribution in [0.25, 0.3) is 0 Å². The molecular weight excluding hydrogens is 206 g/mol. The molecule has 0 bridgehead atoms. The standard InChI is InChI=1S/C11H17N3O2/c12-4-1-5-14-6-7-16-8-10(14)11(15)13-9-2-3-9/h9-10H,1-3,5-8H2,(H,13,15). The van der Waals surface area contributed by atoms with Gasteiger partial charge in [-0.3, -0.25) is 9.69 Å². The summed E-state index contributed by atoms with van der Waals surface area (Å²) in [7, 11) is 0. The highest BCUT2D eigenvalue weighted by molar-refractivity contribution is 5.82. The van der Waals surface area contributed by atoms with E-state index in [1.165, 1.54) is 0 Å². The number of nitriles is 1. The highest BCUT2D eigenvalue weighted by Crippen LogP contribution is 2.19. The van der Waals surface area contributed by atoms with Crippen molar-refractivity contribution >= 4 is 5.91 Å². The van der Waals surface area contributed by atoms with Gasteiger partial charge in [0.2, 0.25) is 5.91 Å². The molecule has 0 aromatic carbocycles. The lowest BCUT2D eigenvalue weighted by Gasteiger charge is -2.33. The van der Waals surface area contributed by atoms with Gasteiger partial charge in [-0.05, 0) is 12.8 Å². The first-order valence-corrected chi connectivity index (χ1v) is 5.80. The first-order chi connectivity index (χ1) is 7.81. The number of hydrogen-bond acceptors (Lipinski definition) is 4. The Morgan fingerprint density at radius 2 is 2.38 bits per heavy atom. The van der Waals surface area contributed by atoms with Crippen molar-refractivity contribution in [1.82, 2.24) is 10.2 Å². The average Bonchev–Trinajstić information content (AvgIpc) is 3.10. The van der Waals surface area contributed by atoms with Gasteiger partial charge in [-0.2, -0.15) is 5.26 Å². The van der Waals surface area contributed by atoms with E-state index in [0.717, 1.165) is 19.4 Å². The third kappa shape index (κ3) is 2.94. The van der Waals surface area contributed by atoms with Gasteiger partial charge in [0, 0.05) is 25.6 Å². The Labute approximate surface area is 95.4 Å². The van der Waals surface area contributed by atoms with Crippen LogP contribution < -0.4 is 5.32 Å². The molecule has 0 spiro atoms. The summed E-state index contributed by atoms with van der Waals surface area (Å²) in [6.07, 6.45) is 2.65. The first-order valence-electron chi connectivity index (χ1n) is 5.80. The van der Waals surface area contributed by atoms with E-state index in [4.69, 9.17) is 10.00 Å². The minimum atomic E-state index is -0.206. The number of carbonyl (C=O) groups is 1. The van der Waals surface area contributed by atoms with Crippen LogP contribution in [0.4, 0.5) is 0 Å². The predicted octanol–water partition coefficient (Wildman–Crippen LogP) is -0.121. The smallest absolute Gasteiger partial charge is 0.239 e. The molecule has 2 fully saturated rings. The molecule has 1 atom stereocenters. The molecule has 0 aromatic rings. The lowest BCUT2D eigenvalue weighted by molar-refractivity contribution is -0.132. The largest absolute Gasteiger partial charge is 0.378 e. The highest BCUT2D eigenvalue weighted by Gasteiger charge is 2.32. The summed E-state index contributed by atoms with van der Waals surface area (Å²) in [6, 6.07) is 2.29. The van der Waals surface area contributed by atoms with Crippen molar-refractivity contribution in [2.24, 2.45) is 0 Å². The fourth-order valence-corrected chi connectivity index (χ4v) is 1.87. The van der Waals surface area contributed by atoms with E-state index in [1.807, 2.05) is 4.90 Å². The minimum Gasteiger partial charge on any atom is -0.378 e. The SMILES string of the molecule is N#CCCN1CCOCC1C(=O)NC1CC1. The van der Waals surface area contributed by atoms with Gasteiger partial charge in [-0.15, -0.1) is 0 Å². The van der Waals surface area contributed by atoms with Crippen LogP contribution in [0.3, 0.4) is 0 Å². The van der Waals surface area contributed by atoms with Gasteiger partial charge in [0.05, 0.1) is 19.3 Å². The van der Waals surface area contributed by atoms with Crippen LogP contribution in [0.1, 0.15) is 19.3 Å². The molecule has 1 saturated heterocycles. The molecule has 0 aromatic heterocycles. The molecule has 1 saturated carbocycles. The maximum absolute atomic E-state index is 11.9.